The molecule has 0 aromatic heterocycles. The maximum Gasteiger partial charge on any atom is -0.0235 e. The van der Waals surface area contributed by atoms with Gasteiger partial charge in [0.1, 0.15) is 0 Å². The quantitative estimate of drug-likeness (QED) is 0.544. The van der Waals surface area contributed by atoms with Crippen LogP contribution in [0.2, 0.25) is 0 Å². The zero-order valence-corrected chi connectivity index (χ0v) is 12.7. The summed E-state index contributed by atoms with van der Waals surface area (Å²) in [5.74, 6) is 5.81. The van der Waals surface area contributed by atoms with E-state index in [9.17, 15) is 0 Å². The van der Waals surface area contributed by atoms with Gasteiger partial charge in [-0.3, -0.25) is 0 Å². The van der Waals surface area contributed by atoms with Gasteiger partial charge in [0.05, 0.1) is 0 Å². The molecule has 0 heteroatoms. The van der Waals surface area contributed by atoms with Gasteiger partial charge < -0.3 is 0 Å². The molecule has 0 heterocycles. The smallest absolute Gasteiger partial charge is 0.0235 e. The Morgan fingerprint density at radius 3 is 2.63 bits per heavy atom. The second-order valence-corrected chi connectivity index (χ2v) is 9.24. The van der Waals surface area contributed by atoms with Crippen molar-refractivity contribution in [2.45, 2.75) is 77.6 Å². The highest BCUT2D eigenvalue weighted by molar-refractivity contribution is 5.16. The third-order valence-corrected chi connectivity index (χ3v) is 8.77. The minimum absolute atomic E-state index is 0.769. The lowest BCUT2D eigenvalue weighted by Gasteiger charge is -2.54. The van der Waals surface area contributed by atoms with Crippen molar-refractivity contribution in [3.63, 3.8) is 0 Å². The van der Waals surface area contributed by atoms with E-state index in [1.165, 1.54) is 11.8 Å². The Morgan fingerprint density at radius 1 is 0.789 bits per heavy atom. The first-order chi connectivity index (χ1) is 9.23. The summed E-state index contributed by atoms with van der Waals surface area (Å²) >= 11 is 0. The normalized spacial score (nSPS) is 62.7. The van der Waals surface area contributed by atoms with Gasteiger partial charge in [-0.1, -0.05) is 26.2 Å². The molecule has 0 aromatic carbocycles. The third kappa shape index (κ3) is 1.37. The molecule has 7 atom stereocenters. The molecule has 0 bridgehead atoms. The van der Waals surface area contributed by atoms with Crippen molar-refractivity contribution in [2.24, 2.45) is 40.4 Å². The van der Waals surface area contributed by atoms with Crippen LogP contribution in [-0.4, -0.2) is 0 Å². The average molecular weight is 258 g/mol. The fourth-order valence-electron chi connectivity index (χ4n) is 7.89. The largest absolute Gasteiger partial charge is 0.0594 e. The Bertz CT molecular complexity index is 399. The van der Waals surface area contributed by atoms with Gasteiger partial charge in [-0.15, -0.1) is 0 Å². The monoisotopic (exact) mass is 258 g/mol. The number of hydrogen-bond acceptors (Lipinski definition) is 0. The Morgan fingerprint density at radius 2 is 1.68 bits per heavy atom. The molecule has 106 valence electrons. The van der Waals surface area contributed by atoms with Crippen molar-refractivity contribution >= 4 is 0 Å². The highest BCUT2D eigenvalue weighted by atomic mass is 14.7. The lowest BCUT2D eigenvalue weighted by atomic mass is 9.50. The van der Waals surface area contributed by atoms with Crippen molar-refractivity contribution in [2.75, 3.05) is 0 Å². The summed E-state index contributed by atoms with van der Waals surface area (Å²) in [6.45, 7) is 2.65. The fourth-order valence-corrected chi connectivity index (χ4v) is 7.89. The van der Waals surface area contributed by atoms with Crippen LogP contribution in [0.4, 0.5) is 0 Å². The van der Waals surface area contributed by atoms with Gasteiger partial charge in [0.15, 0.2) is 0 Å². The SMILES string of the molecule is C[C@@]12CCC[C@H]1[C@@H]1C[C@H]3C[C@]34CCCC[C@@H]4[C@H]1CC2. The lowest BCUT2D eigenvalue weighted by molar-refractivity contribution is -0.0547. The molecule has 5 rings (SSSR count). The summed E-state index contributed by atoms with van der Waals surface area (Å²) < 4.78 is 0. The van der Waals surface area contributed by atoms with E-state index in [0.29, 0.717) is 0 Å². The Labute approximate surface area is 118 Å². The summed E-state index contributed by atoms with van der Waals surface area (Å²) in [5.41, 5.74) is 1.68. The van der Waals surface area contributed by atoms with E-state index in [1.807, 2.05) is 0 Å². The summed E-state index contributed by atoms with van der Waals surface area (Å²) in [7, 11) is 0. The molecule has 5 aliphatic carbocycles. The Kier molecular flexibility index (Phi) is 2.21. The van der Waals surface area contributed by atoms with Crippen LogP contribution < -0.4 is 0 Å². The van der Waals surface area contributed by atoms with Crippen molar-refractivity contribution in [3.05, 3.63) is 0 Å². The van der Waals surface area contributed by atoms with E-state index >= 15 is 0 Å². The van der Waals surface area contributed by atoms with Gasteiger partial charge in [-0.05, 0) is 91.8 Å². The van der Waals surface area contributed by atoms with E-state index in [-0.39, 0.29) is 0 Å². The van der Waals surface area contributed by atoms with E-state index in [0.717, 1.165) is 28.6 Å². The van der Waals surface area contributed by atoms with Crippen molar-refractivity contribution < 1.29 is 0 Å². The Balaban J connectivity index is 1.49. The maximum absolute atomic E-state index is 2.65. The predicted octanol–water partition coefficient (Wildman–Crippen LogP) is 5.42. The van der Waals surface area contributed by atoms with E-state index < -0.39 is 0 Å². The van der Waals surface area contributed by atoms with Crippen LogP contribution in [0, 0.1) is 40.4 Å². The third-order valence-electron chi connectivity index (χ3n) is 8.77. The standard InChI is InChI=1S/C19H30/c1-18-8-4-6-16(18)15-11-13-12-19(13)9-3-2-5-17(19)14(15)7-10-18/h13-17H,2-12H2,1H3/t13-,14-,15+,16-,17+,18-,19+/m0/s1. The molecule has 0 aromatic rings. The van der Waals surface area contributed by atoms with Gasteiger partial charge in [-0.25, -0.2) is 0 Å². The zero-order valence-electron chi connectivity index (χ0n) is 12.7. The maximum atomic E-state index is 2.65. The summed E-state index contributed by atoms with van der Waals surface area (Å²) in [4.78, 5) is 0. The molecule has 19 heavy (non-hydrogen) atoms. The average Bonchev–Trinajstić information content (AvgIpc) is 2.95. The molecular weight excluding hydrogens is 228 g/mol. The number of rotatable bonds is 0. The second-order valence-electron chi connectivity index (χ2n) is 9.24. The number of hydrogen-bond donors (Lipinski definition) is 0. The summed E-state index contributed by atoms with van der Waals surface area (Å²) in [6, 6.07) is 0. The molecule has 0 nitrogen and oxygen atoms in total. The first kappa shape index (κ1) is 11.6. The second kappa shape index (κ2) is 3.60. The van der Waals surface area contributed by atoms with E-state index in [4.69, 9.17) is 0 Å². The van der Waals surface area contributed by atoms with Gasteiger partial charge in [-0.2, -0.15) is 0 Å². The highest BCUT2D eigenvalue weighted by Gasteiger charge is 2.67. The zero-order chi connectivity index (χ0) is 12.7. The molecule has 5 saturated carbocycles. The van der Waals surface area contributed by atoms with Crippen LogP contribution >= 0.6 is 0 Å². The minimum Gasteiger partial charge on any atom is -0.0594 e. The first-order valence-corrected chi connectivity index (χ1v) is 9.23. The van der Waals surface area contributed by atoms with E-state index in [1.54, 1.807) is 70.6 Å². The topological polar surface area (TPSA) is 0 Å². The van der Waals surface area contributed by atoms with Crippen molar-refractivity contribution in [3.8, 4) is 0 Å². The molecule has 0 N–H and O–H groups in total. The molecule has 0 unspecified atom stereocenters. The van der Waals surface area contributed by atoms with Crippen LogP contribution in [0.3, 0.4) is 0 Å². The van der Waals surface area contributed by atoms with Crippen LogP contribution in [0.1, 0.15) is 77.6 Å². The van der Waals surface area contributed by atoms with Gasteiger partial charge in [0.25, 0.3) is 0 Å². The van der Waals surface area contributed by atoms with Crippen molar-refractivity contribution in [1.29, 1.82) is 0 Å². The van der Waals surface area contributed by atoms with Crippen molar-refractivity contribution in [1.82, 2.24) is 0 Å². The molecule has 0 amide bonds. The van der Waals surface area contributed by atoms with Gasteiger partial charge in [0.2, 0.25) is 0 Å². The van der Waals surface area contributed by atoms with Crippen LogP contribution in [0.15, 0.2) is 0 Å². The van der Waals surface area contributed by atoms with Crippen LogP contribution in [-0.2, 0) is 0 Å². The molecule has 0 saturated heterocycles. The molecular formula is C19H30. The fraction of sp³-hybridized carbons (Fsp3) is 1.00. The summed E-state index contributed by atoms with van der Waals surface area (Å²) in [5, 5.41) is 0. The molecule has 5 fully saturated rings. The van der Waals surface area contributed by atoms with Gasteiger partial charge >= 0.3 is 0 Å². The van der Waals surface area contributed by atoms with Crippen LogP contribution in [0.25, 0.3) is 0 Å². The lowest BCUT2D eigenvalue weighted by Crippen LogP contribution is -2.47. The van der Waals surface area contributed by atoms with E-state index in [2.05, 4.69) is 6.92 Å². The molecule has 0 radical (unpaired) electrons. The molecule has 1 spiro atoms. The summed E-state index contributed by atoms with van der Waals surface area (Å²) in [6.07, 6.45) is 17.5. The first-order valence-electron chi connectivity index (χ1n) is 9.23. The Hall–Kier alpha value is 0. The highest BCUT2D eigenvalue weighted by Crippen LogP contribution is 2.75. The van der Waals surface area contributed by atoms with Gasteiger partial charge in [0, 0.05) is 0 Å². The minimum atomic E-state index is 0.769. The molecule has 0 aliphatic heterocycles. The predicted molar refractivity (Wildman–Crippen MR) is 78.8 cm³/mol. The van der Waals surface area contributed by atoms with Crippen LogP contribution in [0.5, 0.6) is 0 Å². The molecule has 5 aliphatic rings. The number of fused-ring (bicyclic) bond motifs is 4.